The Labute approximate surface area is 175 Å². The van der Waals surface area contributed by atoms with E-state index in [0.717, 1.165) is 25.1 Å². The number of hydrogen-bond donors (Lipinski definition) is 1. The number of para-hydroxylation sites is 1. The van der Waals surface area contributed by atoms with Gasteiger partial charge in [0.1, 0.15) is 0 Å². The minimum absolute atomic E-state index is 0.00299. The van der Waals surface area contributed by atoms with Gasteiger partial charge in [0.05, 0.1) is 24.3 Å². The van der Waals surface area contributed by atoms with Gasteiger partial charge in [-0.1, -0.05) is 19.1 Å². The number of alkyl halides is 3. The molecule has 1 saturated carbocycles. The van der Waals surface area contributed by atoms with Crippen LogP contribution in [0.3, 0.4) is 0 Å². The van der Waals surface area contributed by atoms with Gasteiger partial charge < -0.3 is 10.2 Å². The van der Waals surface area contributed by atoms with E-state index in [1.807, 2.05) is 9.80 Å². The van der Waals surface area contributed by atoms with E-state index in [9.17, 15) is 22.8 Å². The van der Waals surface area contributed by atoms with Crippen molar-refractivity contribution in [2.45, 2.75) is 25.9 Å². The fourth-order valence-corrected chi connectivity index (χ4v) is 3.65. The Bertz CT molecular complexity index is 744. The van der Waals surface area contributed by atoms with Crippen LogP contribution in [0, 0.1) is 5.92 Å². The molecule has 9 heteroatoms. The largest absolute Gasteiger partial charge is 0.418 e. The lowest BCUT2D eigenvalue weighted by molar-refractivity contribution is -0.137. The second-order valence-corrected chi connectivity index (χ2v) is 8.02. The molecule has 6 nitrogen and oxygen atoms in total. The van der Waals surface area contributed by atoms with E-state index >= 15 is 0 Å². The van der Waals surface area contributed by atoms with Crippen LogP contribution in [-0.4, -0.2) is 78.9 Å². The van der Waals surface area contributed by atoms with Gasteiger partial charge in [0.25, 0.3) is 0 Å². The number of carbonyl (C=O) groups is 2. The van der Waals surface area contributed by atoms with Crippen LogP contribution in [-0.2, 0) is 15.8 Å². The molecule has 1 aliphatic carbocycles. The fourth-order valence-electron chi connectivity index (χ4n) is 3.65. The van der Waals surface area contributed by atoms with Gasteiger partial charge in [-0.3, -0.25) is 19.4 Å². The lowest BCUT2D eigenvalue weighted by Crippen LogP contribution is -2.52. The Morgan fingerprint density at radius 3 is 2.40 bits per heavy atom. The molecule has 0 spiro atoms. The highest BCUT2D eigenvalue weighted by molar-refractivity contribution is 5.93. The zero-order valence-corrected chi connectivity index (χ0v) is 17.2. The van der Waals surface area contributed by atoms with E-state index in [-0.39, 0.29) is 18.1 Å². The molecule has 0 aromatic heterocycles. The molecule has 1 aromatic carbocycles. The van der Waals surface area contributed by atoms with E-state index in [1.54, 1.807) is 0 Å². The van der Waals surface area contributed by atoms with Crippen LogP contribution in [0.2, 0.25) is 0 Å². The number of amides is 2. The second kappa shape index (κ2) is 9.78. The topological polar surface area (TPSA) is 55.9 Å². The number of benzene rings is 1. The van der Waals surface area contributed by atoms with Gasteiger partial charge in [-0.15, -0.1) is 0 Å². The number of halogens is 3. The number of piperazine rings is 1. The summed E-state index contributed by atoms with van der Waals surface area (Å²) < 4.78 is 39.2. The highest BCUT2D eigenvalue weighted by Crippen LogP contribution is 2.34. The van der Waals surface area contributed by atoms with E-state index in [0.29, 0.717) is 32.7 Å². The summed E-state index contributed by atoms with van der Waals surface area (Å²) >= 11 is 0. The fraction of sp³-hybridized carbons (Fsp3) is 0.619. The van der Waals surface area contributed by atoms with Gasteiger partial charge >= 0.3 is 6.18 Å². The molecule has 166 valence electrons. The average molecular weight is 426 g/mol. The van der Waals surface area contributed by atoms with Crippen LogP contribution in [0.15, 0.2) is 24.3 Å². The van der Waals surface area contributed by atoms with Crippen LogP contribution in [0.4, 0.5) is 18.9 Å². The Morgan fingerprint density at radius 2 is 1.80 bits per heavy atom. The van der Waals surface area contributed by atoms with Gasteiger partial charge in [-0.2, -0.15) is 13.2 Å². The molecule has 1 aliphatic heterocycles. The molecule has 0 radical (unpaired) electrons. The minimum atomic E-state index is -4.53. The normalized spacial score (nSPS) is 18.0. The summed E-state index contributed by atoms with van der Waals surface area (Å²) in [6.45, 7) is 6.38. The molecule has 0 unspecified atom stereocenters. The smallest absolute Gasteiger partial charge is 0.339 e. The monoisotopic (exact) mass is 426 g/mol. The lowest BCUT2D eigenvalue weighted by Gasteiger charge is -2.35. The van der Waals surface area contributed by atoms with Crippen LogP contribution in [0.5, 0.6) is 0 Å². The maximum atomic E-state index is 13.1. The van der Waals surface area contributed by atoms with E-state index in [1.165, 1.54) is 31.0 Å². The average Bonchev–Trinajstić information content (AvgIpc) is 3.51. The quantitative estimate of drug-likeness (QED) is 0.694. The molecule has 1 N–H and O–H groups in total. The summed E-state index contributed by atoms with van der Waals surface area (Å²) in [5.41, 5.74) is -1.10. The van der Waals surface area contributed by atoms with Gasteiger partial charge in [-0.25, -0.2) is 0 Å². The number of anilines is 1. The Balaban J connectivity index is 1.44. The molecule has 3 rings (SSSR count). The number of nitrogens with zero attached hydrogens (tertiary/aromatic N) is 3. The number of nitrogens with one attached hydrogen (secondary N) is 1. The molecular formula is C21H29F3N4O2. The van der Waals surface area contributed by atoms with E-state index < -0.39 is 17.6 Å². The first kappa shape index (κ1) is 22.6. The van der Waals surface area contributed by atoms with Crippen molar-refractivity contribution in [3.05, 3.63) is 29.8 Å². The summed E-state index contributed by atoms with van der Waals surface area (Å²) in [4.78, 5) is 30.7. The van der Waals surface area contributed by atoms with Crippen molar-refractivity contribution in [1.29, 1.82) is 0 Å². The first-order chi connectivity index (χ1) is 14.3. The molecule has 2 fully saturated rings. The highest BCUT2D eigenvalue weighted by Gasteiger charge is 2.34. The number of hydrogen-bond acceptors (Lipinski definition) is 4. The van der Waals surface area contributed by atoms with Gasteiger partial charge in [0, 0.05) is 32.7 Å². The van der Waals surface area contributed by atoms with Crippen LogP contribution in [0.25, 0.3) is 0 Å². The summed E-state index contributed by atoms with van der Waals surface area (Å²) in [5, 5.41) is 2.37. The van der Waals surface area contributed by atoms with E-state index in [2.05, 4.69) is 17.1 Å². The number of rotatable bonds is 8. The molecule has 30 heavy (non-hydrogen) atoms. The molecule has 1 heterocycles. The predicted octanol–water partition coefficient (Wildman–Crippen LogP) is 2.52. The predicted molar refractivity (Wildman–Crippen MR) is 108 cm³/mol. The van der Waals surface area contributed by atoms with Crippen molar-refractivity contribution < 1.29 is 22.8 Å². The highest BCUT2D eigenvalue weighted by atomic mass is 19.4. The molecule has 2 amide bonds. The first-order valence-electron chi connectivity index (χ1n) is 10.4. The van der Waals surface area contributed by atoms with Crippen molar-refractivity contribution in [2.24, 2.45) is 5.92 Å². The molecule has 1 saturated heterocycles. The van der Waals surface area contributed by atoms with Crippen molar-refractivity contribution in [1.82, 2.24) is 14.7 Å². The first-order valence-corrected chi connectivity index (χ1v) is 10.4. The van der Waals surface area contributed by atoms with Gasteiger partial charge in [0.2, 0.25) is 11.8 Å². The maximum absolute atomic E-state index is 13.1. The zero-order valence-electron chi connectivity index (χ0n) is 17.2. The number of likely N-dealkylation sites (N-methyl/N-ethyl adjacent to an activating group) is 1. The van der Waals surface area contributed by atoms with Gasteiger partial charge in [0.15, 0.2) is 0 Å². The third-order valence-corrected chi connectivity index (χ3v) is 5.62. The minimum Gasteiger partial charge on any atom is -0.339 e. The Kier molecular flexibility index (Phi) is 7.36. The summed E-state index contributed by atoms with van der Waals surface area (Å²) in [7, 11) is 0. The standard InChI is InChI=1S/C21H29F3N4O2/c1-2-26(13-16-7-8-16)15-20(30)28-11-9-27(10-12-28)14-19(29)25-18-6-4-3-5-17(18)21(22,23)24/h3-6,16H,2,7-15H2,1H3,(H,25,29). The summed E-state index contributed by atoms with van der Waals surface area (Å²) in [5.74, 6) is 0.337. The third kappa shape index (κ3) is 6.43. The van der Waals surface area contributed by atoms with E-state index in [4.69, 9.17) is 0 Å². The van der Waals surface area contributed by atoms with Crippen LogP contribution in [0.1, 0.15) is 25.3 Å². The SMILES string of the molecule is CCN(CC(=O)N1CCN(CC(=O)Nc2ccccc2C(F)(F)F)CC1)CC1CC1. The molecule has 0 bridgehead atoms. The Hall–Kier alpha value is -2.13. The lowest BCUT2D eigenvalue weighted by atomic mass is 10.1. The molecular weight excluding hydrogens is 397 g/mol. The van der Waals surface area contributed by atoms with Crippen molar-refractivity contribution in [3.63, 3.8) is 0 Å². The zero-order chi connectivity index (χ0) is 21.7. The summed E-state index contributed by atoms with van der Waals surface area (Å²) in [6, 6.07) is 4.94. The summed E-state index contributed by atoms with van der Waals surface area (Å²) in [6.07, 6.45) is -2.03. The third-order valence-electron chi connectivity index (χ3n) is 5.62. The molecule has 2 aliphatic rings. The number of carbonyl (C=O) groups excluding carboxylic acids is 2. The second-order valence-electron chi connectivity index (χ2n) is 8.02. The van der Waals surface area contributed by atoms with Crippen LogP contribution >= 0.6 is 0 Å². The van der Waals surface area contributed by atoms with Crippen LogP contribution < -0.4 is 5.32 Å². The maximum Gasteiger partial charge on any atom is 0.418 e. The van der Waals surface area contributed by atoms with Crippen molar-refractivity contribution >= 4 is 17.5 Å². The van der Waals surface area contributed by atoms with Crippen molar-refractivity contribution in [2.75, 3.05) is 57.7 Å². The molecule has 1 aromatic rings. The molecule has 0 atom stereocenters. The Morgan fingerprint density at radius 1 is 1.13 bits per heavy atom. The van der Waals surface area contributed by atoms with Gasteiger partial charge in [-0.05, 0) is 37.4 Å². The van der Waals surface area contributed by atoms with Crippen molar-refractivity contribution in [3.8, 4) is 0 Å².